The maximum absolute atomic E-state index is 13.1. The zero-order valence-electron chi connectivity index (χ0n) is 65.5. The van der Waals surface area contributed by atoms with Gasteiger partial charge in [-0.2, -0.15) is 0 Å². The van der Waals surface area contributed by atoms with Crippen molar-refractivity contribution in [2.24, 2.45) is 11.8 Å². The van der Waals surface area contributed by atoms with Gasteiger partial charge in [-0.05, 0) is 37.5 Å². The molecule has 0 aliphatic heterocycles. The van der Waals surface area contributed by atoms with E-state index in [4.69, 9.17) is 37.0 Å². The van der Waals surface area contributed by atoms with Gasteiger partial charge >= 0.3 is 39.5 Å². The van der Waals surface area contributed by atoms with Crippen LogP contribution in [0.25, 0.3) is 0 Å². The Morgan fingerprint density at radius 3 is 0.680 bits per heavy atom. The van der Waals surface area contributed by atoms with Gasteiger partial charge in [0.2, 0.25) is 0 Å². The highest BCUT2D eigenvalue weighted by Gasteiger charge is 2.30. The lowest BCUT2D eigenvalue weighted by Crippen LogP contribution is -2.30. The Morgan fingerprint density at radius 2 is 0.460 bits per heavy atom. The molecule has 0 rings (SSSR count). The zero-order valence-corrected chi connectivity index (χ0v) is 67.3. The highest BCUT2D eigenvalue weighted by molar-refractivity contribution is 7.47. The quantitative estimate of drug-likeness (QED) is 0.0222. The average molecular weight is 1470 g/mol. The van der Waals surface area contributed by atoms with Crippen molar-refractivity contribution in [1.82, 2.24) is 0 Å². The van der Waals surface area contributed by atoms with Crippen molar-refractivity contribution < 1.29 is 80.2 Å². The fourth-order valence-electron chi connectivity index (χ4n) is 12.5. The normalized spacial score (nSPS) is 13.9. The second kappa shape index (κ2) is 72.6. The Labute approximate surface area is 613 Å². The van der Waals surface area contributed by atoms with Gasteiger partial charge in [-0.15, -0.1) is 0 Å². The van der Waals surface area contributed by atoms with Crippen LogP contribution >= 0.6 is 15.6 Å². The third-order valence-electron chi connectivity index (χ3n) is 19.0. The summed E-state index contributed by atoms with van der Waals surface area (Å²) in [6, 6.07) is 0. The number of unbranched alkanes of at least 4 members (excludes halogenated alkanes) is 50. The van der Waals surface area contributed by atoms with Crippen molar-refractivity contribution in [2.75, 3.05) is 39.6 Å². The lowest BCUT2D eigenvalue weighted by Gasteiger charge is -2.21. The Bertz CT molecular complexity index is 1920. The average Bonchev–Trinajstić information content (AvgIpc) is 0.928. The Balaban J connectivity index is 5.22. The van der Waals surface area contributed by atoms with Crippen molar-refractivity contribution in [2.45, 2.75) is 445 Å². The molecule has 5 atom stereocenters. The van der Waals surface area contributed by atoms with Crippen LogP contribution < -0.4 is 0 Å². The number of aliphatic hydroxyl groups excluding tert-OH is 1. The third-order valence-corrected chi connectivity index (χ3v) is 20.9. The smallest absolute Gasteiger partial charge is 0.462 e. The van der Waals surface area contributed by atoms with E-state index < -0.39 is 97.5 Å². The van der Waals surface area contributed by atoms with Crippen LogP contribution in [0.15, 0.2) is 0 Å². The van der Waals surface area contributed by atoms with Crippen LogP contribution in [0.1, 0.15) is 427 Å². The number of rotatable bonds is 80. The highest BCUT2D eigenvalue weighted by atomic mass is 31.2. The van der Waals surface area contributed by atoms with Gasteiger partial charge in [-0.1, -0.05) is 375 Å². The van der Waals surface area contributed by atoms with Crippen LogP contribution in [0.3, 0.4) is 0 Å². The standard InChI is InChI=1S/C81H158O17P2/c1-7-9-11-13-15-17-19-21-23-25-27-29-31-33-35-39-45-51-57-63-78(83)91-69-76(97-80(85)65-59-53-46-40-36-34-32-30-28-26-24-22-20-18-16-14-12-10-8-2)71-95-99(87,88)93-67-75(82)68-94-100(89,90)96-72-77(70-92-79(84)64-58-52-48-42-44-50-56-62-74(5)6)98-81(86)66-60-54-47-41-37-38-43-49-55-61-73(3)4/h73-77,82H,7-72H2,1-6H3,(H,87,88)(H,89,90)/t75-,76-,77-/m1/s1. The van der Waals surface area contributed by atoms with Gasteiger partial charge in [0, 0.05) is 25.7 Å². The van der Waals surface area contributed by atoms with Crippen LogP contribution in [-0.2, 0) is 65.4 Å². The fraction of sp³-hybridized carbons (Fsp3) is 0.951. The SMILES string of the molecule is CCCCCCCCCCCCCCCCCCCCCC(=O)OC[C@H](COP(=O)(O)OC[C@@H](O)COP(=O)(O)OC[C@@H](COC(=O)CCCCCCCCCC(C)C)OC(=O)CCCCCCCCCCCC(C)C)OC(=O)CCCCCCCCCCCCCCCCCCCCC. The molecule has 0 aromatic heterocycles. The molecule has 0 bridgehead atoms. The molecule has 0 aromatic carbocycles. The molecule has 0 radical (unpaired) electrons. The third kappa shape index (κ3) is 74.3. The molecule has 0 aromatic rings. The number of aliphatic hydroxyl groups is 1. The number of carbonyl (C=O) groups excluding carboxylic acids is 4. The molecule has 0 saturated heterocycles. The van der Waals surface area contributed by atoms with E-state index in [1.54, 1.807) is 0 Å². The van der Waals surface area contributed by atoms with E-state index >= 15 is 0 Å². The van der Waals surface area contributed by atoms with Crippen LogP contribution in [0.2, 0.25) is 0 Å². The minimum Gasteiger partial charge on any atom is -0.462 e. The number of ether oxygens (including phenoxy) is 4. The van der Waals surface area contributed by atoms with Gasteiger partial charge < -0.3 is 33.8 Å². The van der Waals surface area contributed by atoms with E-state index in [1.807, 2.05) is 0 Å². The zero-order chi connectivity index (χ0) is 73.5. The van der Waals surface area contributed by atoms with Gasteiger partial charge in [0.05, 0.1) is 26.4 Å². The van der Waals surface area contributed by atoms with Crippen LogP contribution in [0.4, 0.5) is 0 Å². The maximum Gasteiger partial charge on any atom is 0.472 e. The van der Waals surface area contributed by atoms with Crippen molar-refractivity contribution in [3.05, 3.63) is 0 Å². The molecule has 17 nitrogen and oxygen atoms in total. The summed E-state index contributed by atoms with van der Waals surface area (Å²) in [5.41, 5.74) is 0. The number of carbonyl (C=O) groups is 4. The monoisotopic (exact) mass is 1470 g/mol. The minimum atomic E-state index is -4.96. The van der Waals surface area contributed by atoms with E-state index in [9.17, 15) is 43.2 Å². The number of hydrogen-bond acceptors (Lipinski definition) is 15. The molecule has 100 heavy (non-hydrogen) atoms. The maximum atomic E-state index is 13.1. The van der Waals surface area contributed by atoms with Crippen LogP contribution in [0, 0.1) is 11.8 Å². The van der Waals surface area contributed by atoms with E-state index in [0.717, 1.165) is 102 Å². The van der Waals surface area contributed by atoms with Crippen molar-refractivity contribution in [3.63, 3.8) is 0 Å². The molecule has 0 saturated carbocycles. The van der Waals surface area contributed by atoms with Gasteiger partial charge in [0.25, 0.3) is 0 Å². The summed E-state index contributed by atoms with van der Waals surface area (Å²) < 4.78 is 68.7. The minimum absolute atomic E-state index is 0.105. The lowest BCUT2D eigenvalue weighted by atomic mass is 10.0. The first-order chi connectivity index (χ1) is 48.4. The van der Waals surface area contributed by atoms with E-state index in [2.05, 4.69) is 41.5 Å². The highest BCUT2D eigenvalue weighted by Crippen LogP contribution is 2.45. The molecule has 0 spiro atoms. The summed E-state index contributed by atoms with van der Waals surface area (Å²) >= 11 is 0. The molecule has 594 valence electrons. The Hall–Kier alpha value is -1.94. The second-order valence-corrected chi connectivity index (χ2v) is 33.0. The molecule has 0 amide bonds. The molecular formula is C81H158O17P2. The number of esters is 4. The summed E-state index contributed by atoms with van der Waals surface area (Å²) in [7, 11) is -9.92. The first-order valence-electron chi connectivity index (χ1n) is 42.0. The number of hydrogen-bond donors (Lipinski definition) is 3. The Kier molecular flexibility index (Phi) is 71.2. The molecule has 2 unspecified atom stereocenters. The molecule has 0 fully saturated rings. The summed E-state index contributed by atoms with van der Waals surface area (Å²) in [5, 5.41) is 10.6. The van der Waals surface area contributed by atoms with Gasteiger partial charge in [-0.3, -0.25) is 37.3 Å². The van der Waals surface area contributed by atoms with Crippen molar-refractivity contribution in [1.29, 1.82) is 0 Å². The summed E-state index contributed by atoms with van der Waals surface area (Å²) in [6.45, 7) is 9.55. The molecule has 0 heterocycles. The largest absolute Gasteiger partial charge is 0.472 e. The van der Waals surface area contributed by atoms with Crippen LogP contribution in [0.5, 0.6) is 0 Å². The molecule has 19 heteroatoms. The summed E-state index contributed by atoms with van der Waals surface area (Å²) in [5.74, 6) is -0.670. The van der Waals surface area contributed by atoms with Crippen molar-refractivity contribution >= 4 is 39.5 Å². The van der Waals surface area contributed by atoms with Crippen molar-refractivity contribution in [3.8, 4) is 0 Å². The second-order valence-electron chi connectivity index (χ2n) is 30.1. The Morgan fingerprint density at radius 1 is 0.270 bits per heavy atom. The first kappa shape index (κ1) is 98.1. The van der Waals surface area contributed by atoms with Gasteiger partial charge in [0.15, 0.2) is 12.2 Å². The predicted molar refractivity (Wildman–Crippen MR) is 409 cm³/mol. The van der Waals surface area contributed by atoms with Gasteiger partial charge in [0.1, 0.15) is 19.3 Å². The predicted octanol–water partition coefficient (Wildman–Crippen LogP) is 24.3. The summed E-state index contributed by atoms with van der Waals surface area (Å²) in [4.78, 5) is 73.0. The molecule has 0 aliphatic rings. The molecule has 0 aliphatic carbocycles. The van der Waals surface area contributed by atoms with Gasteiger partial charge in [-0.25, -0.2) is 9.13 Å². The molecule has 3 N–H and O–H groups in total. The first-order valence-corrected chi connectivity index (χ1v) is 45.0. The van der Waals surface area contributed by atoms with E-state index in [0.29, 0.717) is 31.6 Å². The number of phosphoric ester groups is 2. The topological polar surface area (TPSA) is 237 Å². The molecular weight excluding hydrogens is 1310 g/mol. The van der Waals surface area contributed by atoms with Crippen LogP contribution in [-0.4, -0.2) is 96.7 Å². The summed E-state index contributed by atoms with van der Waals surface area (Å²) in [6.07, 6.45) is 62.7. The lowest BCUT2D eigenvalue weighted by molar-refractivity contribution is -0.161. The fourth-order valence-corrected chi connectivity index (χ4v) is 14.1. The van der Waals surface area contributed by atoms with E-state index in [-0.39, 0.29) is 25.7 Å². The van der Waals surface area contributed by atoms with E-state index in [1.165, 1.54) is 238 Å². The number of phosphoric acid groups is 2.